The highest BCUT2D eigenvalue weighted by Gasteiger charge is 2.23. The zero-order chi connectivity index (χ0) is 27.1. The van der Waals surface area contributed by atoms with Gasteiger partial charge in [0.15, 0.2) is 11.5 Å². The van der Waals surface area contributed by atoms with Crippen LogP contribution < -0.4 is 14.8 Å². The van der Waals surface area contributed by atoms with Crippen LogP contribution in [0.15, 0.2) is 18.2 Å². The summed E-state index contributed by atoms with van der Waals surface area (Å²) in [5.41, 5.74) is 0.636. The maximum atomic E-state index is 12.5. The fraction of sp³-hybridized carbons (Fsp3) is 0.615. The third kappa shape index (κ3) is 10.6. The predicted molar refractivity (Wildman–Crippen MR) is 132 cm³/mol. The van der Waals surface area contributed by atoms with E-state index in [0.29, 0.717) is 24.8 Å². The second-order valence-corrected chi connectivity index (χ2v) is 8.42. The molecule has 10 heteroatoms. The Morgan fingerprint density at radius 2 is 1.42 bits per heavy atom. The van der Waals surface area contributed by atoms with Crippen LogP contribution in [-0.4, -0.2) is 57.0 Å². The topological polar surface area (TPSA) is 126 Å². The summed E-state index contributed by atoms with van der Waals surface area (Å²) in [4.78, 5) is 48.6. The second-order valence-electron chi connectivity index (χ2n) is 8.42. The molecule has 0 aliphatic heterocycles. The van der Waals surface area contributed by atoms with Gasteiger partial charge >= 0.3 is 24.1 Å². The van der Waals surface area contributed by atoms with Gasteiger partial charge in [-0.25, -0.2) is 4.79 Å². The van der Waals surface area contributed by atoms with Gasteiger partial charge in [-0.3, -0.25) is 14.4 Å². The van der Waals surface area contributed by atoms with Crippen LogP contribution in [0, 0.1) is 11.8 Å². The first-order chi connectivity index (χ1) is 17.2. The average molecular weight is 510 g/mol. The van der Waals surface area contributed by atoms with Crippen molar-refractivity contribution in [3.05, 3.63) is 23.8 Å². The fourth-order valence-corrected chi connectivity index (χ4v) is 2.81. The number of carbonyl (C=O) groups excluding carboxylic acids is 4. The molecule has 0 saturated carbocycles. The summed E-state index contributed by atoms with van der Waals surface area (Å²) >= 11 is 0. The largest absolute Gasteiger partial charge is 0.508 e. The molecule has 0 aromatic heterocycles. The predicted octanol–water partition coefficient (Wildman–Crippen LogP) is 3.83. The van der Waals surface area contributed by atoms with Gasteiger partial charge in [-0.15, -0.1) is 0 Å². The molecule has 0 heterocycles. The lowest BCUT2D eigenvalue weighted by Gasteiger charge is -2.18. The minimum atomic E-state index is -0.774. The molecule has 202 valence electrons. The first-order valence-electron chi connectivity index (χ1n) is 12.3. The summed E-state index contributed by atoms with van der Waals surface area (Å²) in [5, 5.41) is 2.99. The van der Waals surface area contributed by atoms with Gasteiger partial charge in [-0.1, -0.05) is 40.7 Å². The number of ether oxygens (including phenoxy) is 5. The van der Waals surface area contributed by atoms with E-state index in [1.807, 2.05) is 20.8 Å². The summed E-state index contributed by atoms with van der Waals surface area (Å²) < 4.78 is 25.7. The molecule has 3 atom stereocenters. The highest BCUT2D eigenvalue weighted by molar-refractivity contribution is 5.79. The van der Waals surface area contributed by atoms with Crippen LogP contribution in [0.5, 0.6) is 11.5 Å². The zero-order valence-electron chi connectivity index (χ0n) is 22.1. The number of nitrogens with one attached hydrogen (secondary N) is 1. The molecule has 1 aromatic rings. The van der Waals surface area contributed by atoms with Gasteiger partial charge in [0, 0.05) is 6.54 Å². The number of hydrogen-bond donors (Lipinski definition) is 1. The molecule has 0 radical (unpaired) electrons. The van der Waals surface area contributed by atoms with Crippen LogP contribution in [0.25, 0.3) is 0 Å². The Balaban J connectivity index is 3.00. The minimum Gasteiger partial charge on any atom is -0.468 e. The van der Waals surface area contributed by atoms with Gasteiger partial charge in [-0.05, 0) is 43.4 Å². The Morgan fingerprint density at radius 1 is 0.833 bits per heavy atom. The van der Waals surface area contributed by atoms with Crippen molar-refractivity contribution in [2.45, 2.75) is 66.3 Å². The van der Waals surface area contributed by atoms with E-state index >= 15 is 0 Å². The molecule has 0 spiro atoms. The Bertz CT molecular complexity index is 871. The standard InChI is InChI=1S/C26H39NO9/c1-7-13-33-26(31)34-14-12-27-20(25(30)32-6)15-19-10-11-21(35-23(28)17(4)8-2)22(16-19)36-24(29)18(5)9-3/h10-11,16-18,20,27H,7-9,12-15H2,1-6H3/t17?,18?,20-/m0/s1. The third-order valence-electron chi connectivity index (χ3n) is 5.52. The maximum Gasteiger partial charge on any atom is 0.508 e. The Labute approximate surface area is 212 Å². The third-order valence-corrected chi connectivity index (χ3v) is 5.52. The summed E-state index contributed by atoms with van der Waals surface area (Å²) in [7, 11) is 1.27. The van der Waals surface area contributed by atoms with Crippen molar-refractivity contribution in [2.24, 2.45) is 11.8 Å². The van der Waals surface area contributed by atoms with Gasteiger partial charge in [-0.2, -0.15) is 0 Å². The van der Waals surface area contributed by atoms with E-state index < -0.39 is 30.1 Å². The first-order valence-corrected chi connectivity index (χ1v) is 12.3. The SMILES string of the molecule is CCCOC(=O)OCCN[C@@H](Cc1ccc(OC(=O)C(C)CC)c(OC(=O)C(C)CC)c1)C(=O)OC. The smallest absolute Gasteiger partial charge is 0.468 e. The first kappa shape index (κ1) is 30.9. The zero-order valence-corrected chi connectivity index (χ0v) is 22.1. The fourth-order valence-electron chi connectivity index (χ4n) is 2.81. The van der Waals surface area contributed by atoms with Crippen LogP contribution in [0.1, 0.15) is 59.4 Å². The average Bonchev–Trinajstić information content (AvgIpc) is 2.88. The van der Waals surface area contributed by atoms with Crippen molar-refractivity contribution in [1.29, 1.82) is 0 Å². The molecule has 10 nitrogen and oxygen atoms in total. The van der Waals surface area contributed by atoms with Crippen LogP contribution in [0.3, 0.4) is 0 Å². The van der Waals surface area contributed by atoms with Crippen molar-refractivity contribution < 1.29 is 42.9 Å². The van der Waals surface area contributed by atoms with Crippen molar-refractivity contribution in [1.82, 2.24) is 5.32 Å². The van der Waals surface area contributed by atoms with Crippen LogP contribution >= 0.6 is 0 Å². The number of esters is 3. The Morgan fingerprint density at radius 3 is 1.97 bits per heavy atom. The summed E-state index contributed by atoms with van der Waals surface area (Å²) in [5.74, 6) is -1.85. The highest BCUT2D eigenvalue weighted by Crippen LogP contribution is 2.31. The molecule has 0 saturated heterocycles. The molecule has 2 unspecified atom stereocenters. The quantitative estimate of drug-likeness (QED) is 0.212. The van der Waals surface area contributed by atoms with Gasteiger partial charge < -0.3 is 29.0 Å². The number of benzene rings is 1. The van der Waals surface area contributed by atoms with Gasteiger partial charge in [0.1, 0.15) is 12.6 Å². The van der Waals surface area contributed by atoms with Crippen LogP contribution in [0.4, 0.5) is 4.79 Å². The van der Waals surface area contributed by atoms with E-state index in [2.05, 4.69) is 5.32 Å². The number of rotatable bonds is 15. The Hall–Kier alpha value is -3.14. The van der Waals surface area contributed by atoms with Crippen LogP contribution in [0.2, 0.25) is 0 Å². The molecule has 36 heavy (non-hydrogen) atoms. The highest BCUT2D eigenvalue weighted by atomic mass is 16.7. The van der Waals surface area contributed by atoms with E-state index in [4.69, 9.17) is 23.7 Å². The van der Waals surface area contributed by atoms with Gasteiger partial charge in [0.2, 0.25) is 0 Å². The van der Waals surface area contributed by atoms with E-state index in [1.165, 1.54) is 13.2 Å². The normalized spacial score (nSPS) is 13.2. The molecule has 0 amide bonds. The van der Waals surface area contributed by atoms with Crippen molar-refractivity contribution in [3.63, 3.8) is 0 Å². The molecule has 0 aliphatic carbocycles. The van der Waals surface area contributed by atoms with Gasteiger partial charge in [0.25, 0.3) is 0 Å². The number of methoxy groups -OCH3 is 1. The summed E-state index contributed by atoms with van der Waals surface area (Å²) in [6.07, 6.45) is 1.28. The molecule has 1 aromatic carbocycles. The second kappa shape index (κ2) is 16.5. The van der Waals surface area contributed by atoms with Crippen LogP contribution in [-0.2, 0) is 35.0 Å². The van der Waals surface area contributed by atoms with Gasteiger partial charge in [0.05, 0.1) is 25.6 Å². The summed E-state index contributed by atoms with van der Waals surface area (Å²) in [6.45, 7) is 9.55. The van der Waals surface area contributed by atoms with Crippen molar-refractivity contribution >= 4 is 24.1 Å². The molecule has 1 rings (SSSR count). The lowest BCUT2D eigenvalue weighted by Crippen LogP contribution is -2.41. The van der Waals surface area contributed by atoms with E-state index in [0.717, 1.165) is 0 Å². The van der Waals surface area contributed by atoms with Crippen molar-refractivity contribution in [3.8, 4) is 11.5 Å². The Kier molecular flexibility index (Phi) is 14.2. The maximum absolute atomic E-state index is 12.5. The molecule has 1 N–H and O–H groups in total. The molecule has 0 aliphatic rings. The molecule has 0 fully saturated rings. The monoisotopic (exact) mass is 509 g/mol. The summed E-state index contributed by atoms with van der Waals surface area (Å²) in [6, 6.07) is 4.01. The van der Waals surface area contributed by atoms with E-state index in [9.17, 15) is 19.2 Å². The molecular formula is C26H39NO9. The van der Waals surface area contributed by atoms with Crippen molar-refractivity contribution in [2.75, 3.05) is 26.9 Å². The number of carbonyl (C=O) groups is 4. The van der Waals surface area contributed by atoms with E-state index in [1.54, 1.807) is 26.0 Å². The molecular weight excluding hydrogens is 470 g/mol. The lowest BCUT2D eigenvalue weighted by atomic mass is 10.0. The van der Waals surface area contributed by atoms with E-state index in [-0.39, 0.29) is 49.5 Å². The lowest BCUT2D eigenvalue weighted by molar-refractivity contribution is -0.143. The minimum absolute atomic E-state index is 0.00167. The molecule has 0 bridgehead atoms. The number of hydrogen-bond acceptors (Lipinski definition) is 10.